The number of Topliss-reactive ketones (excluding diaryl/α,β-unsaturated/α-hetero) is 2. The third-order valence-corrected chi connectivity index (χ3v) is 2.90. The van der Waals surface area contributed by atoms with Crippen LogP contribution in [0, 0.1) is 0 Å². The summed E-state index contributed by atoms with van der Waals surface area (Å²) in [6.07, 6.45) is 0.333. The molecule has 0 aromatic heterocycles. The molecule has 5 heteroatoms. The van der Waals surface area contributed by atoms with Crippen molar-refractivity contribution in [1.29, 1.82) is 0 Å². The second-order valence-electron chi connectivity index (χ2n) is 4.26. The molecule has 0 N–H and O–H groups in total. The number of ether oxygens (including phenoxy) is 2. The Morgan fingerprint density at radius 2 is 2.00 bits per heavy atom. The molecule has 0 radical (unpaired) electrons. The normalized spacial score (nSPS) is 16.8. The Kier molecular flexibility index (Phi) is 3.98. The lowest BCUT2D eigenvalue weighted by Gasteiger charge is -2.07. The number of ketones is 2. The van der Waals surface area contributed by atoms with Gasteiger partial charge in [-0.2, -0.15) is 0 Å². The number of benzene rings is 1. The summed E-state index contributed by atoms with van der Waals surface area (Å²) in [5, 5.41) is 0. The van der Waals surface area contributed by atoms with Gasteiger partial charge in [0.1, 0.15) is 12.4 Å². The largest absolute Gasteiger partial charge is 0.490 e. The van der Waals surface area contributed by atoms with Gasteiger partial charge in [0.05, 0.1) is 0 Å². The number of esters is 1. The minimum absolute atomic E-state index is 0.112. The van der Waals surface area contributed by atoms with Crippen molar-refractivity contribution < 1.29 is 23.9 Å². The quantitative estimate of drug-likeness (QED) is 0.466. The fourth-order valence-corrected chi connectivity index (χ4v) is 1.91. The molecule has 1 atom stereocenters. The van der Waals surface area contributed by atoms with Gasteiger partial charge < -0.3 is 9.47 Å². The maximum atomic E-state index is 12.1. The van der Waals surface area contributed by atoms with Crippen molar-refractivity contribution in [2.75, 3.05) is 6.61 Å². The second kappa shape index (κ2) is 5.69. The zero-order valence-electron chi connectivity index (χ0n) is 11.0. The van der Waals surface area contributed by atoms with E-state index in [0.29, 0.717) is 12.4 Å². The summed E-state index contributed by atoms with van der Waals surface area (Å²) < 4.78 is 10.2. The molecule has 0 spiro atoms. The van der Waals surface area contributed by atoms with Crippen molar-refractivity contribution in [1.82, 2.24) is 0 Å². The molecule has 0 amide bonds. The summed E-state index contributed by atoms with van der Waals surface area (Å²) >= 11 is 0. The number of carbonyl (C=O) groups excluding carboxylic acids is 3. The third-order valence-electron chi connectivity index (χ3n) is 2.90. The minimum Gasteiger partial charge on any atom is -0.490 e. The summed E-state index contributed by atoms with van der Waals surface area (Å²) in [5.41, 5.74) is 0.486. The average Bonchev–Trinajstić information content (AvgIpc) is 2.69. The zero-order chi connectivity index (χ0) is 14.7. The predicted octanol–water partition coefficient (Wildman–Crippen LogP) is 1.95. The highest BCUT2D eigenvalue weighted by Gasteiger charge is 2.41. The van der Waals surface area contributed by atoms with Crippen LogP contribution in [-0.2, 0) is 9.53 Å². The van der Waals surface area contributed by atoms with E-state index in [1.54, 1.807) is 19.1 Å². The summed E-state index contributed by atoms with van der Waals surface area (Å²) in [5.74, 6) is -1.10. The van der Waals surface area contributed by atoms with Gasteiger partial charge in [-0.15, -0.1) is 0 Å². The summed E-state index contributed by atoms with van der Waals surface area (Å²) in [7, 11) is 0. The molecule has 0 saturated heterocycles. The van der Waals surface area contributed by atoms with Crippen LogP contribution in [0.3, 0.4) is 0 Å². The van der Waals surface area contributed by atoms with E-state index in [4.69, 9.17) is 9.47 Å². The summed E-state index contributed by atoms with van der Waals surface area (Å²) in [4.78, 5) is 35.4. The van der Waals surface area contributed by atoms with Crippen molar-refractivity contribution in [3.8, 4) is 5.75 Å². The van der Waals surface area contributed by atoms with Gasteiger partial charge >= 0.3 is 5.97 Å². The van der Waals surface area contributed by atoms with E-state index in [0.717, 1.165) is 0 Å². The number of fused-ring (bicyclic) bond motifs is 1. The third kappa shape index (κ3) is 2.47. The summed E-state index contributed by atoms with van der Waals surface area (Å²) in [6.45, 7) is 5.42. The first-order valence-corrected chi connectivity index (χ1v) is 6.24. The van der Waals surface area contributed by atoms with E-state index in [1.165, 1.54) is 12.1 Å². The first-order chi connectivity index (χ1) is 9.58. The SMILES string of the molecule is C=CCOc1ccc2c(c1)C(=O)C(OC(=O)CC)C2=O. The fourth-order valence-electron chi connectivity index (χ4n) is 1.91. The van der Waals surface area contributed by atoms with Crippen molar-refractivity contribution in [3.05, 3.63) is 42.0 Å². The maximum absolute atomic E-state index is 12.1. The van der Waals surface area contributed by atoms with Gasteiger partial charge in [-0.3, -0.25) is 14.4 Å². The van der Waals surface area contributed by atoms with Gasteiger partial charge in [0, 0.05) is 17.5 Å². The topological polar surface area (TPSA) is 69.7 Å². The van der Waals surface area contributed by atoms with E-state index < -0.39 is 23.6 Å². The molecule has 2 rings (SSSR count). The Morgan fingerprint density at radius 3 is 2.65 bits per heavy atom. The first kappa shape index (κ1) is 14.0. The minimum atomic E-state index is -1.35. The molecule has 0 aliphatic heterocycles. The summed E-state index contributed by atoms with van der Waals surface area (Å²) in [6, 6.07) is 4.59. The van der Waals surface area contributed by atoms with Gasteiger partial charge in [-0.05, 0) is 18.2 Å². The van der Waals surface area contributed by atoms with Crippen LogP contribution in [-0.4, -0.2) is 30.2 Å². The van der Waals surface area contributed by atoms with E-state index in [1.807, 2.05) is 0 Å². The monoisotopic (exact) mass is 274 g/mol. The van der Waals surface area contributed by atoms with E-state index in [-0.39, 0.29) is 17.5 Å². The van der Waals surface area contributed by atoms with Crippen LogP contribution in [0.2, 0.25) is 0 Å². The van der Waals surface area contributed by atoms with Crippen LogP contribution >= 0.6 is 0 Å². The van der Waals surface area contributed by atoms with Crippen molar-refractivity contribution in [2.24, 2.45) is 0 Å². The highest BCUT2D eigenvalue weighted by atomic mass is 16.6. The molecule has 104 valence electrons. The van der Waals surface area contributed by atoms with Gasteiger partial charge in [-0.25, -0.2) is 0 Å². The van der Waals surface area contributed by atoms with Crippen LogP contribution in [0.15, 0.2) is 30.9 Å². The van der Waals surface area contributed by atoms with Crippen LogP contribution in [0.25, 0.3) is 0 Å². The molecule has 1 aliphatic carbocycles. The Labute approximate surface area is 116 Å². The Bertz CT molecular complexity index is 588. The molecule has 1 aliphatic rings. The lowest BCUT2D eigenvalue weighted by atomic mass is 10.1. The first-order valence-electron chi connectivity index (χ1n) is 6.24. The molecule has 20 heavy (non-hydrogen) atoms. The van der Waals surface area contributed by atoms with Gasteiger partial charge in [0.25, 0.3) is 0 Å². The molecule has 0 saturated carbocycles. The van der Waals surface area contributed by atoms with Crippen LogP contribution in [0.1, 0.15) is 34.1 Å². The number of hydrogen-bond acceptors (Lipinski definition) is 5. The van der Waals surface area contributed by atoms with Gasteiger partial charge in [-0.1, -0.05) is 19.6 Å². The standard InChI is InChI=1S/C15H14O5/c1-3-7-19-9-5-6-10-11(8-9)14(18)15(13(10)17)20-12(16)4-2/h3,5-6,8,15H,1,4,7H2,2H3. The molecule has 1 aromatic rings. The number of rotatable bonds is 5. The van der Waals surface area contributed by atoms with E-state index in [2.05, 4.69) is 6.58 Å². The van der Waals surface area contributed by atoms with Crippen molar-refractivity contribution in [3.63, 3.8) is 0 Å². The van der Waals surface area contributed by atoms with E-state index in [9.17, 15) is 14.4 Å². The van der Waals surface area contributed by atoms with Gasteiger partial charge in [0.15, 0.2) is 0 Å². The molecule has 1 unspecified atom stereocenters. The fraction of sp³-hybridized carbons (Fsp3) is 0.267. The Hall–Kier alpha value is -2.43. The number of hydrogen-bond donors (Lipinski definition) is 0. The van der Waals surface area contributed by atoms with Crippen LogP contribution in [0.4, 0.5) is 0 Å². The molecule has 0 fully saturated rings. The van der Waals surface area contributed by atoms with Crippen LogP contribution < -0.4 is 4.74 Å². The Morgan fingerprint density at radius 1 is 1.30 bits per heavy atom. The molecule has 0 heterocycles. The maximum Gasteiger partial charge on any atom is 0.306 e. The second-order valence-corrected chi connectivity index (χ2v) is 4.26. The zero-order valence-corrected chi connectivity index (χ0v) is 11.0. The molecule has 0 bridgehead atoms. The smallest absolute Gasteiger partial charge is 0.306 e. The van der Waals surface area contributed by atoms with Crippen molar-refractivity contribution >= 4 is 17.5 Å². The lowest BCUT2D eigenvalue weighted by molar-refractivity contribution is -0.144. The van der Waals surface area contributed by atoms with Crippen molar-refractivity contribution in [2.45, 2.75) is 19.4 Å². The predicted molar refractivity (Wildman–Crippen MR) is 71.0 cm³/mol. The molecule has 5 nitrogen and oxygen atoms in total. The Balaban J connectivity index is 2.26. The van der Waals surface area contributed by atoms with Gasteiger partial charge in [0.2, 0.25) is 17.7 Å². The molecular formula is C15H14O5. The lowest BCUT2D eigenvalue weighted by Crippen LogP contribution is -2.28. The highest BCUT2D eigenvalue weighted by molar-refractivity contribution is 6.29. The molecular weight excluding hydrogens is 260 g/mol. The van der Waals surface area contributed by atoms with Crippen LogP contribution in [0.5, 0.6) is 5.75 Å². The average molecular weight is 274 g/mol. The van der Waals surface area contributed by atoms with E-state index >= 15 is 0 Å². The molecule has 1 aromatic carbocycles. The number of carbonyl (C=O) groups is 3. The highest BCUT2D eigenvalue weighted by Crippen LogP contribution is 2.28.